The number of carbonyl (C=O) groups is 1. The number of carbonyl (C=O) groups excluding carboxylic acids is 1. The lowest BCUT2D eigenvalue weighted by Gasteiger charge is -2.07. The molecule has 1 amide bonds. The Morgan fingerprint density at radius 2 is 2.04 bits per heavy atom. The fraction of sp³-hybridized carbons (Fsp3) is 0.0588. The van der Waals surface area contributed by atoms with Crippen molar-refractivity contribution >= 4 is 45.5 Å². The minimum atomic E-state index is -0.141. The highest BCUT2D eigenvalue weighted by Gasteiger charge is 2.07. The zero-order valence-corrected chi connectivity index (χ0v) is 15.0. The molecule has 0 bridgehead atoms. The van der Waals surface area contributed by atoms with Gasteiger partial charge in [-0.25, -0.2) is 4.98 Å². The summed E-state index contributed by atoms with van der Waals surface area (Å²) in [6, 6.07) is 14.7. The summed E-state index contributed by atoms with van der Waals surface area (Å²) in [4.78, 5) is 16.4. The highest BCUT2D eigenvalue weighted by Crippen LogP contribution is 2.17. The van der Waals surface area contributed by atoms with Crippen molar-refractivity contribution in [2.75, 3.05) is 5.32 Å². The van der Waals surface area contributed by atoms with Gasteiger partial charge in [0.15, 0.2) is 0 Å². The van der Waals surface area contributed by atoms with Crippen LogP contribution in [0.2, 0.25) is 0 Å². The summed E-state index contributed by atoms with van der Waals surface area (Å²) >= 11 is 3.75. The van der Waals surface area contributed by atoms with Crippen molar-refractivity contribution in [3.8, 4) is 5.75 Å². The van der Waals surface area contributed by atoms with E-state index in [9.17, 15) is 4.79 Å². The molecule has 6 heteroatoms. The van der Waals surface area contributed by atoms with Crippen LogP contribution in [-0.4, -0.2) is 10.9 Å². The van der Waals surface area contributed by atoms with E-state index in [0.717, 1.165) is 15.0 Å². The number of hydrogen-bond acceptors (Lipinski definition) is 4. The van der Waals surface area contributed by atoms with E-state index in [1.54, 1.807) is 29.8 Å². The molecule has 0 atom stereocenters. The largest absolute Gasteiger partial charge is 0.487 e. The van der Waals surface area contributed by atoms with Gasteiger partial charge < -0.3 is 10.1 Å². The van der Waals surface area contributed by atoms with Crippen molar-refractivity contribution in [1.82, 2.24) is 4.98 Å². The molecule has 1 N–H and O–H groups in total. The quantitative estimate of drug-likeness (QED) is 0.596. The molecular formula is C17H13IN2O2S. The molecule has 0 saturated heterocycles. The number of benzene rings is 2. The summed E-state index contributed by atoms with van der Waals surface area (Å²) in [5.41, 5.74) is 4.04. The average Bonchev–Trinajstić information content (AvgIpc) is 3.07. The van der Waals surface area contributed by atoms with Gasteiger partial charge >= 0.3 is 0 Å². The number of nitrogens with one attached hydrogen (secondary N) is 1. The Hall–Kier alpha value is -1.93. The van der Waals surface area contributed by atoms with Crippen LogP contribution in [0.1, 0.15) is 16.1 Å². The minimum absolute atomic E-state index is 0.141. The number of aromatic nitrogens is 1. The van der Waals surface area contributed by atoms with E-state index < -0.39 is 0 Å². The molecule has 2 aromatic carbocycles. The topological polar surface area (TPSA) is 51.2 Å². The van der Waals surface area contributed by atoms with Crippen LogP contribution in [0, 0.1) is 3.57 Å². The number of thiazole rings is 1. The van der Waals surface area contributed by atoms with Crippen LogP contribution in [0.25, 0.3) is 0 Å². The highest BCUT2D eigenvalue weighted by atomic mass is 127. The van der Waals surface area contributed by atoms with Gasteiger partial charge in [0.25, 0.3) is 5.91 Å². The fourth-order valence-electron chi connectivity index (χ4n) is 1.94. The van der Waals surface area contributed by atoms with Crippen molar-refractivity contribution in [3.05, 3.63) is 74.2 Å². The standard InChI is InChI=1S/C17H13IN2O2S/c18-13-2-1-3-14(8-13)20-17(21)12-4-6-16(7-5-12)22-9-15-10-23-11-19-15/h1-8,10-11H,9H2,(H,20,21). The average molecular weight is 436 g/mol. The maximum atomic E-state index is 12.2. The third-order valence-corrected chi connectivity index (χ3v) is 4.38. The molecule has 1 heterocycles. The molecule has 0 unspecified atom stereocenters. The van der Waals surface area contributed by atoms with Crippen molar-refractivity contribution < 1.29 is 9.53 Å². The highest BCUT2D eigenvalue weighted by molar-refractivity contribution is 14.1. The molecule has 0 aliphatic carbocycles. The number of halogens is 1. The summed E-state index contributed by atoms with van der Waals surface area (Å²) < 4.78 is 6.71. The van der Waals surface area contributed by atoms with Gasteiger partial charge in [0.05, 0.1) is 11.2 Å². The Balaban J connectivity index is 1.61. The predicted octanol–water partition coefficient (Wildman–Crippen LogP) is 4.58. The number of ether oxygens (including phenoxy) is 1. The lowest BCUT2D eigenvalue weighted by atomic mass is 10.2. The summed E-state index contributed by atoms with van der Waals surface area (Å²) in [5.74, 6) is 0.571. The fourth-order valence-corrected chi connectivity index (χ4v) is 3.02. The van der Waals surface area contributed by atoms with E-state index in [0.29, 0.717) is 17.9 Å². The van der Waals surface area contributed by atoms with E-state index in [2.05, 4.69) is 32.9 Å². The van der Waals surface area contributed by atoms with Crippen LogP contribution < -0.4 is 10.1 Å². The molecule has 0 aliphatic rings. The molecular weight excluding hydrogens is 423 g/mol. The molecule has 4 nitrogen and oxygen atoms in total. The monoisotopic (exact) mass is 436 g/mol. The van der Waals surface area contributed by atoms with Crippen LogP contribution in [0.15, 0.2) is 59.4 Å². The van der Waals surface area contributed by atoms with Gasteiger partial charge in [-0.1, -0.05) is 6.07 Å². The lowest BCUT2D eigenvalue weighted by Crippen LogP contribution is -2.11. The molecule has 0 radical (unpaired) electrons. The minimum Gasteiger partial charge on any atom is -0.487 e. The van der Waals surface area contributed by atoms with E-state index in [1.807, 2.05) is 29.6 Å². The number of hydrogen-bond donors (Lipinski definition) is 1. The molecule has 0 spiro atoms. The Morgan fingerprint density at radius 1 is 1.22 bits per heavy atom. The molecule has 0 fully saturated rings. The molecule has 1 aromatic heterocycles. The number of amides is 1. The van der Waals surface area contributed by atoms with Crippen molar-refractivity contribution in [1.29, 1.82) is 0 Å². The Bertz CT molecular complexity index is 789. The number of anilines is 1. The van der Waals surface area contributed by atoms with Gasteiger partial charge in [-0.3, -0.25) is 4.79 Å². The van der Waals surface area contributed by atoms with Crippen molar-refractivity contribution in [2.45, 2.75) is 6.61 Å². The zero-order valence-electron chi connectivity index (χ0n) is 12.0. The summed E-state index contributed by atoms with van der Waals surface area (Å²) in [6.45, 7) is 0.428. The first-order valence-corrected chi connectivity index (χ1v) is 8.90. The van der Waals surface area contributed by atoms with Crippen LogP contribution in [0.5, 0.6) is 5.75 Å². The normalized spacial score (nSPS) is 10.3. The first-order valence-electron chi connectivity index (χ1n) is 6.87. The number of rotatable bonds is 5. The Labute approximate surface area is 151 Å². The van der Waals surface area contributed by atoms with Crippen LogP contribution in [0.4, 0.5) is 5.69 Å². The van der Waals surface area contributed by atoms with Gasteiger partial charge in [-0.15, -0.1) is 11.3 Å². The Kier molecular flexibility index (Phi) is 5.24. The van der Waals surface area contributed by atoms with E-state index in [1.165, 1.54) is 11.3 Å². The van der Waals surface area contributed by atoms with Crippen molar-refractivity contribution in [2.24, 2.45) is 0 Å². The van der Waals surface area contributed by atoms with Crippen LogP contribution >= 0.6 is 33.9 Å². The Morgan fingerprint density at radius 3 is 2.74 bits per heavy atom. The van der Waals surface area contributed by atoms with E-state index >= 15 is 0 Å². The third-order valence-electron chi connectivity index (χ3n) is 3.07. The second kappa shape index (κ2) is 7.56. The zero-order chi connectivity index (χ0) is 16.1. The van der Waals surface area contributed by atoms with Crippen LogP contribution in [-0.2, 0) is 6.61 Å². The SMILES string of the molecule is O=C(Nc1cccc(I)c1)c1ccc(OCc2cscn2)cc1. The molecule has 23 heavy (non-hydrogen) atoms. The maximum absolute atomic E-state index is 12.2. The maximum Gasteiger partial charge on any atom is 0.255 e. The van der Waals surface area contributed by atoms with Gasteiger partial charge in [-0.05, 0) is 65.1 Å². The first kappa shape index (κ1) is 15.9. The van der Waals surface area contributed by atoms with Gasteiger partial charge in [0.2, 0.25) is 0 Å². The molecule has 116 valence electrons. The van der Waals surface area contributed by atoms with E-state index in [4.69, 9.17) is 4.74 Å². The van der Waals surface area contributed by atoms with Crippen molar-refractivity contribution in [3.63, 3.8) is 0 Å². The first-order chi connectivity index (χ1) is 11.2. The number of nitrogens with zero attached hydrogens (tertiary/aromatic N) is 1. The van der Waals surface area contributed by atoms with Gasteiger partial charge in [-0.2, -0.15) is 0 Å². The summed E-state index contributed by atoms with van der Waals surface area (Å²) in [6.07, 6.45) is 0. The van der Waals surface area contributed by atoms with Gasteiger partial charge in [0, 0.05) is 20.2 Å². The summed E-state index contributed by atoms with van der Waals surface area (Å²) in [5, 5.41) is 4.83. The third kappa shape index (κ3) is 4.52. The second-order valence-corrected chi connectivity index (χ2v) is 6.72. The summed E-state index contributed by atoms with van der Waals surface area (Å²) in [7, 11) is 0. The smallest absolute Gasteiger partial charge is 0.255 e. The molecule has 3 rings (SSSR count). The molecule has 0 saturated carbocycles. The van der Waals surface area contributed by atoms with E-state index in [-0.39, 0.29) is 5.91 Å². The second-order valence-electron chi connectivity index (χ2n) is 4.76. The lowest BCUT2D eigenvalue weighted by molar-refractivity contribution is 0.102. The predicted molar refractivity (Wildman–Crippen MR) is 100 cm³/mol. The van der Waals surface area contributed by atoms with Crippen LogP contribution in [0.3, 0.4) is 0 Å². The molecule has 3 aromatic rings. The molecule has 0 aliphatic heterocycles. The van der Waals surface area contributed by atoms with Gasteiger partial charge in [0.1, 0.15) is 12.4 Å².